The maximum atomic E-state index is 12.4. The molecule has 5 nitrogen and oxygen atoms in total. The van der Waals surface area contributed by atoms with Gasteiger partial charge in [0.2, 0.25) is 5.91 Å². The third-order valence-electron chi connectivity index (χ3n) is 4.90. The van der Waals surface area contributed by atoms with E-state index in [1.807, 2.05) is 23.5 Å². The fourth-order valence-corrected chi connectivity index (χ4v) is 4.14. The maximum Gasteiger partial charge on any atom is 0.253 e. The Balaban J connectivity index is 1.31. The van der Waals surface area contributed by atoms with Gasteiger partial charge in [0.15, 0.2) is 0 Å². The number of thiophene rings is 1. The smallest absolute Gasteiger partial charge is 0.253 e. The van der Waals surface area contributed by atoms with Crippen molar-refractivity contribution in [2.24, 2.45) is 0 Å². The zero-order valence-electron chi connectivity index (χ0n) is 14.7. The van der Waals surface area contributed by atoms with E-state index in [1.54, 1.807) is 12.1 Å². The molecule has 4 rings (SSSR count). The first-order valence-corrected chi connectivity index (χ1v) is 10.0. The molecule has 2 amide bonds. The number of para-hydroxylation sites is 1. The molecule has 1 aromatic carbocycles. The number of amides is 2. The molecule has 6 heteroatoms. The van der Waals surface area contributed by atoms with Gasteiger partial charge in [0.05, 0.1) is 11.3 Å². The van der Waals surface area contributed by atoms with Gasteiger partial charge in [0.25, 0.3) is 5.91 Å². The Labute approximate surface area is 157 Å². The number of hydrogen-bond donors (Lipinski definition) is 2. The van der Waals surface area contributed by atoms with Gasteiger partial charge in [0, 0.05) is 37.0 Å². The van der Waals surface area contributed by atoms with Crippen molar-refractivity contribution in [3.63, 3.8) is 0 Å². The Kier molecular flexibility index (Phi) is 5.04. The van der Waals surface area contributed by atoms with Crippen LogP contribution in [-0.2, 0) is 17.8 Å². The van der Waals surface area contributed by atoms with Crippen LogP contribution in [0.25, 0.3) is 0 Å². The molecule has 0 unspecified atom stereocenters. The van der Waals surface area contributed by atoms with Crippen molar-refractivity contribution in [3.05, 3.63) is 51.7 Å². The van der Waals surface area contributed by atoms with Crippen LogP contribution in [0, 0.1) is 0 Å². The van der Waals surface area contributed by atoms with Gasteiger partial charge in [-0.2, -0.15) is 0 Å². The molecule has 1 aromatic heterocycles. The topological polar surface area (TPSA) is 61.4 Å². The highest BCUT2D eigenvalue weighted by Crippen LogP contribution is 2.24. The fourth-order valence-electron chi connectivity index (χ4n) is 3.25. The van der Waals surface area contributed by atoms with Crippen LogP contribution in [0.1, 0.15) is 40.1 Å². The summed E-state index contributed by atoms with van der Waals surface area (Å²) in [4.78, 5) is 28.5. The number of benzene rings is 1. The number of carbonyl (C=O) groups excluding carboxylic acids is 2. The van der Waals surface area contributed by atoms with Crippen molar-refractivity contribution in [1.82, 2.24) is 10.2 Å². The summed E-state index contributed by atoms with van der Waals surface area (Å²) in [5, 5.41) is 8.03. The number of nitrogens with zero attached hydrogens (tertiary/aromatic N) is 1. The molecule has 1 aliphatic carbocycles. The van der Waals surface area contributed by atoms with Gasteiger partial charge in [-0.05, 0) is 48.4 Å². The first kappa shape index (κ1) is 17.2. The summed E-state index contributed by atoms with van der Waals surface area (Å²) in [6.07, 6.45) is 3.58. The first-order chi connectivity index (χ1) is 12.7. The molecular weight excluding hydrogens is 346 g/mol. The SMILES string of the molecule is O=C(CCN1CCc2sccc2C1)Nc1ccccc1C(=O)NC1CC1. The van der Waals surface area contributed by atoms with E-state index in [9.17, 15) is 9.59 Å². The molecule has 0 radical (unpaired) electrons. The van der Waals surface area contributed by atoms with Gasteiger partial charge in [-0.15, -0.1) is 11.3 Å². The van der Waals surface area contributed by atoms with Crippen molar-refractivity contribution in [1.29, 1.82) is 0 Å². The van der Waals surface area contributed by atoms with Gasteiger partial charge >= 0.3 is 0 Å². The second-order valence-electron chi connectivity index (χ2n) is 6.99. The van der Waals surface area contributed by atoms with Crippen molar-refractivity contribution in [3.8, 4) is 0 Å². The molecule has 1 saturated carbocycles. The summed E-state index contributed by atoms with van der Waals surface area (Å²) in [6.45, 7) is 2.66. The summed E-state index contributed by atoms with van der Waals surface area (Å²) in [5.41, 5.74) is 2.52. The second-order valence-corrected chi connectivity index (χ2v) is 7.99. The van der Waals surface area contributed by atoms with E-state index in [-0.39, 0.29) is 11.8 Å². The highest BCUT2D eigenvalue weighted by atomic mass is 32.1. The van der Waals surface area contributed by atoms with Crippen molar-refractivity contribution < 1.29 is 9.59 Å². The number of nitrogens with one attached hydrogen (secondary N) is 2. The minimum absolute atomic E-state index is 0.0483. The van der Waals surface area contributed by atoms with Crippen LogP contribution >= 0.6 is 11.3 Å². The average molecular weight is 369 g/mol. The molecule has 136 valence electrons. The Hall–Kier alpha value is -2.18. The van der Waals surface area contributed by atoms with Crippen LogP contribution in [0.3, 0.4) is 0 Å². The minimum Gasteiger partial charge on any atom is -0.349 e. The van der Waals surface area contributed by atoms with E-state index in [0.29, 0.717) is 23.7 Å². The highest BCUT2D eigenvalue weighted by Gasteiger charge is 2.25. The molecule has 1 aliphatic heterocycles. The lowest BCUT2D eigenvalue weighted by atomic mass is 10.1. The number of carbonyl (C=O) groups is 2. The predicted octanol–water partition coefficient (Wildman–Crippen LogP) is 3.03. The quantitative estimate of drug-likeness (QED) is 0.823. The van der Waals surface area contributed by atoms with Crippen molar-refractivity contribution >= 4 is 28.8 Å². The predicted molar refractivity (Wildman–Crippen MR) is 103 cm³/mol. The van der Waals surface area contributed by atoms with E-state index in [0.717, 1.165) is 38.9 Å². The molecule has 0 spiro atoms. The lowest BCUT2D eigenvalue weighted by molar-refractivity contribution is -0.116. The standard InChI is InChI=1S/C20H23N3O2S/c24-19(8-11-23-10-7-18-14(13-23)9-12-26-18)22-17-4-2-1-3-16(17)20(25)21-15-5-6-15/h1-4,9,12,15H,5-8,10-11,13H2,(H,21,25)(H,22,24). The Bertz CT molecular complexity index is 813. The summed E-state index contributed by atoms with van der Waals surface area (Å²) < 4.78 is 0. The molecule has 0 saturated heterocycles. The molecular formula is C20H23N3O2S. The molecule has 2 aliphatic rings. The third kappa shape index (κ3) is 4.14. The highest BCUT2D eigenvalue weighted by molar-refractivity contribution is 7.10. The van der Waals surface area contributed by atoms with Crippen LogP contribution in [0.5, 0.6) is 0 Å². The van der Waals surface area contributed by atoms with Gasteiger partial charge in [-0.25, -0.2) is 0 Å². The van der Waals surface area contributed by atoms with E-state index >= 15 is 0 Å². The average Bonchev–Trinajstić information content (AvgIpc) is 3.33. The number of fused-ring (bicyclic) bond motifs is 1. The van der Waals surface area contributed by atoms with Crippen LogP contribution < -0.4 is 10.6 Å². The largest absolute Gasteiger partial charge is 0.349 e. The lowest BCUT2D eigenvalue weighted by Gasteiger charge is -2.26. The minimum atomic E-state index is -0.107. The van der Waals surface area contributed by atoms with Crippen molar-refractivity contribution in [2.45, 2.75) is 38.3 Å². The summed E-state index contributed by atoms with van der Waals surface area (Å²) in [5.74, 6) is -0.155. The lowest BCUT2D eigenvalue weighted by Crippen LogP contribution is -2.32. The summed E-state index contributed by atoms with van der Waals surface area (Å²) in [7, 11) is 0. The normalized spacial score (nSPS) is 16.8. The molecule has 1 fully saturated rings. The third-order valence-corrected chi connectivity index (χ3v) is 5.92. The van der Waals surface area contributed by atoms with Gasteiger partial charge in [-0.3, -0.25) is 14.5 Å². The molecule has 2 aromatic rings. The summed E-state index contributed by atoms with van der Waals surface area (Å²) in [6, 6.07) is 9.69. The van der Waals surface area contributed by atoms with Crippen LogP contribution in [0.2, 0.25) is 0 Å². The van der Waals surface area contributed by atoms with Crippen LogP contribution in [0.4, 0.5) is 5.69 Å². The zero-order valence-corrected chi connectivity index (χ0v) is 15.5. The fraction of sp³-hybridized carbons (Fsp3) is 0.400. The van der Waals surface area contributed by atoms with E-state index < -0.39 is 0 Å². The molecule has 0 bridgehead atoms. The van der Waals surface area contributed by atoms with E-state index in [1.165, 1.54) is 10.4 Å². The Morgan fingerprint density at radius 1 is 1.19 bits per heavy atom. The van der Waals surface area contributed by atoms with Crippen LogP contribution in [0.15, 0.2) is 35.7 Å². The molecule has 0 atom stereocenters. The van der Waals surface area contributed by atoms with E-state index in [2.05, 4.69) is 27.0 Å². The monoisotopic (exact) mass is 369 g/mol. The molecule has 2 N–H and O–H groups in total. The number of anilines is 1. The number of rotatable bonds is 6. The summed E-state index contributed by atoms with van der Waals surface area (Å²) >= 11 is 1.82. The molecule has 26 heavy (non-hydrogen) atoms. The Morgan fingerprint density at radius 2 is 2.04 bits per heavy atom. The molecule has 2 heterocycles. The maximum absolute atomic E-state index is 12.4. The van der Waals surface area contributed by atoms with Gasteiger partial charge < -0.3 is 10.6 Å². The zero-order chi connectivity index (χ0) is 17.9. The van der Waals surface area contributed by atoms with Crippen LogP contribution in [-0.4, -0.2) is 35.8 Å². The number of hydrogen-bond acceptors (Lipinski definition) is 4. The van der Waals surface area contributed by atoms with Gasteiger partial charge in [-0.1, -0.05) is 12.1 Å². The van der Waals surface area contributed by atoms with Crippen molar-refractivity contribution in [2.75, 3.05) is 18.4 Å². The van der Waals surface area contributed by atoms with E-state index in [4.69, 9.17) is 0 Å². The Morgan fingerprint density at radius 3 is 2.88 bits per heavy atom. The first-order valence-electron chi connectivity index (χ1n) is 9.16. The van der Waals surface area contributed by atoms with Gasteiger partial charge in [0.1, 0.15) is 0 Å². The second kappa shape index (κ2) is 7.60.